The molecule has 0 radical (unpaired) electrons. The largest absolute Gasteiger partial charge is 0.418 e. The molecule has 6 nitrogen and oxygen atoms in total. The van der Waals surface area contributed by atoms with Crippen molar-refractivity contribution in [1.29, 1.82) is 0 Å². The predicted molar refractivity (Wildman–Crippen MR) is 123 cm³/mol. The Labute approximate surface area is 194 Å². The Kier molecular flexibility index (Phi) is 5.58. The highest BCUT2D eigenvalue weighted by molar-refractivity contribution is 5.87. The van der Waals surface area contributed by atoms with E-state index in [0.717, 1.165) is 30.8 Å². The number of aromatic nitrogens is 5. The maximum Gasteiger partial charge on any atom is 0.418 e. The smallest absolute Gasteiger partial charge is 0.356 e. The van der Waals surface area contributed by atoms with Gasteiger partial charge in [-0.25, -0.2) is 0 Å². The van der Waals surface area contributed by atoms with Crippen molar-refractivity contribution in [3.05, 3.63) is 76.4 Å². The van der Waals surface area contributed by atoms with Crippen LogP contribution in [0.1, 0.15) is 61.4 Å². The first kappa shape index (κ1) is 22.4. The molecule has 0 unspecified atom stereocenters. The first-order valence-electron chi connectivity index (χ1n) is 11.5. The highest BCUT2D eigenvalue weighted by atomic mass is 19.4. The number of alkyl halides is 3. The van der Waals surface area contributed by atoms with Crippen molar-refractivity contribution in [2.45, 2.75) is 50.6 Å². The first-order valence-corrected chi connectivity index (χ1v) is 11.5. The molecule has 2 fully saturated rings. The van der Waals surface area contributed by atoms with Crippen molar-refractivity contribution < 1.29 is 13.2 Å². The molecule has 3 heterocycles. The molecule has 0 aliphatic heterocycles. The molecule has 2 aliphatic carbocycles. The summed E-state index contributed by atoms with van der Waals surface area (Å²) in [6, 6.07) is 8.93. The van der Waals surface area contributed by atoms with Crippen LogP contribution in [0.15, 0.2) is 53.8 Å². The number of hydrogen-bond acceptors (Lipinski definition) is 3. The third-order valence-corrected chi connectivity index (χ3v) is 6.71. The van der Waals surface area contributed by atoms with Crippen LogP contribution >= 0.6 is 0 Å². The van der Waals surface area contributed by atoms with Crippen molar-refractivity contribution in [2.24, 2.45) is 13.0 Å². The second-order valence-electron chi connectivity index (χ2n) is 9.39. The summed E-state index contributed by atoms with van der Waals surface area (Å²) in [5, 5.41) is 7.97. The van der Waals surface area contributed by atoms with Crippen LogP contribution in [0.3, 0.4) is 0 Å². The molecule has 2 saturated carbocycles. The Morgan fingerprint density at radius 1 is 1.09 bits per heavy atom. The maximum absolute atomic E-state index is 13.2. The quantitative estimate of drug-likeness (QED) is 0.428. The molecule has 9 heteroatoms. The molecule has 0 amide bonds. The molecule has 2 aliphatic rings. The number of rotatable bonds is 3. The summed E-state index contributed by atoms with van der Waals surface area (Å²) >= 11 is 0. The third kappa shape index (κ3) is 4.15. The topological polar surface area (TPSA) is 68.5 Å². The van der Waals surface area contributed by atoms with E-state index in [1.807, 2.05) is 17.7 Å². The van der Waals surface area contributed by atoms with Crippen LogP contribution in [0.25, 0.3) is 16.6 Å². The van der Waals surface area contributed by atoms with E-state index in [0.29, 0.717) is 17.2 Å². The molecule has 0 bridgehead atoms. The minimum Gasteiger partial charge on any atom is -0.356 e. The van der Waals surface area contributed by atoms with E-state index in [1.165, 1.54) is 17.4 Å². The SMILES string of the molecule is CC1CC(c2nncn2C)C1.O=c1c2[nH]cc(C(F)(F)F)c2c(C2CC2)cn1-c1ccccc1. The lowest BCUT2D eigenvalue weighted by molar-refractivity contribution is -0.136. The van der Waals surface area contributed by atoms with Crippen LogP contribution < -0.4 is 5.56 Å². The molecule has 1 N–H and O–H groups in total. The number of pyridine rings is 1. The number of nitrogens with zero attached hydrogens (tertiary/aromatic N) is 4. The molecular formula is C25H26F3N5O. The zero-order valence-corrected chi connectivity index (χ0v) is 19.0. The van der Waals surface area contributed by atoms with E-state index in [9.17, 15) is 18.0 Å². The van der Waals surface area contributed by atoms with Crippen LogP contribution in [0.4, 0.5) is 13.2 Å². The maximum atomic E-state index is 13.2. The van der Waals surface area contributed by atoms with Crippen molar-refractivity contribution in [1.82, 2.24) is 24.3 Å². The van der Waals surface area contributed by atoms with E-state index in [2.05, 4.69) is 22.1 Å². The monoisotopic (exact) mass is 469 g/mol. The van der Waals surface area contributed by atoms with Gasteiger partial charge in [0.1, 0.15) is 17.7 Å². The summed E-state index contributed by atoms with van der Waals surface area (Å²) in [4.78, 5) is 15.2. The minimum atomic E-state index is -4.48. The summed E-state index contributed by atoms with van der Waals surface area (Å²) in [6.07, 6.45) is 4.04. The van der Waals surface area contributed by atoms with Gasteiger partial charge in [-0.1, -0.05) is 25.1 Å². The Morgan fingerprint density at radius 3 is 2.35 bits per heavy atom. The molecule has 0 saturated heterocycles. The highest BCUT2D eigenvalue weighted by Crippen LogP contribution is 2.46. The van der Waals surface area contributed by atoms with Gasteiger partial charge in [-0.15, -0.1) is 10.2 Å². The molecular weight excluding hydrogens is 443 g/mol. The average Bonchev–Trinajstić information content (AvgIpc) is 3.37. The lowest BCUT2D eigenvalue weighted by atomic mass is 9.76. The standard InChI is InChI=1S/C17H13F3N2O.C8H13N3/c18-17(19,20)13-8-21-15-14(13)12(10-6-7-10)9-22(16(15)23)11-4-2-1-3-5-11;1-6-3-7(4-6)8-10-9-5-11(8)2/h1-5,8-10,21H,6-7H2;5-7H,3-4H2,1-2H3. The Morgan fingerprint density at radius 2 is 1.79 bits per heavy atom. The van der Waals surface area contributed by atoms with Crippen molar-refractivity contribution >= 4 is 10.9 Å². The zero-order chi connectivity index (χ0) is 24.0. The average molecular weight is 470 g/mol. The number of aromatic amines is 1. The van der Waals surface area contributed by atoms with Gasteiger partial charge in [-0.2, -0.15) is 13.2 Å². The number of nitrogens with one attached hydrogen (secondary N) is 1. The van der Waals surface area contributed by atoms with Gasteiger partial charge in [0.25, 0.3) is 5.56 Å². The van der Waals surface area contributed by atoms with Crippen molar-refractivity contribution in [3.63, 3.8) is 0 Å². The summed E-state index contributed by atoms with van der Waals surface area (Å²) in [7, 11) is 2.01. The van der Waals surface area contributed by atoms with Crippen LogP contribution in [0, 0.1) is 5.92 Å². The van der Waals surface area contributed by atoms with E-state index < -0.39 is 17.3 Å². The van der Waals surface area contributed by atoms with Gasteiger partial charge in [-0.3, -0.25) is 9.36 Å². The fourth-order valence-electron chi connectivity index (χ4n) is 4.76. The second kappa shape index (κ2) is 8.45. The van der Waals surface area contributed by atoms with Gasteiger partial charge < -0.3 is 9.55 Å². The summed E-state index contributed by atoms with van der Waals surface area (Å²) < 4.78 is 43.2. The van der Waals surface area contributed by atoms with Crippen LogP contribution in [0.5, 0.6) is 0 Å². The molecule has 34 heavy (non-hydrogen) atoms. The summed E-state index contributed by atoms with van der Waals surface area (Å²) in [5.41, 5.74) is 0.0323. The number of aryl methyl sites for hydroxylation is 1. The van der Waals surface area contributed by atoms with Crippen LogP contribution in [0.2, 0.25) is 0 Å². The molecule has 6 rings (SSSR count). The zero-order valence-electron chi connectivity index (χ0n) is 19.0. The number of para-hydroxylation sites is 1. The molecule has 178 valence electrons. The molecule has 3 aromatic heterocycles. The summed E-state index contributed by atoms with van der Waals surface area (Å²) in [6.45, 7) is 2.28. The Hall–Kier alpha value is -3.36. The molecule has 4 aromatic rings. The fraction of sp³-hybridized carbons (Fsp3) is 0.400. The van der Waals surface area contributed by atoms with E-state index in [1.54, 1.807) is 36.8 Å². The number of benzene rings is 1. The van der Waals surface area contributed by atoms with Gasteiger partial charge in [0.15, 0.2) is 0 Å². The van der Waals surface area contributed by atoms with Gasteiger partial charge in [0.05, 0.1) is 5.56 Å². The van der Waals surface area contributed by atoms with Gasteiger partial charge in [0.2, 0.25) is 0 Å². The van der Waals surface area contributed by atoms with Crippen molar-refractivity contribution in [2.75, 3.05) is 0 Å². The van der Waals surface area contributed by atoms with Crippen LogP contribution in [-0.2, 0) is 13.2 Å². The highest BCUT2D eigenvalue weighted by Gasteiger charge is 2.38. The molecule has 0 spiro atoms. The fourth-order valence-corrected chi connectivity index (χ4v) is 4.76. The normalized spacial score (nSPS) is 20.0. The summed E-state index contributed by atoms with van der Waals surface area (Å²) in [5.74, 6) is 2.81. The number of H-pyrrole nitrogens is 1. The number of fused-ring (bicyclic) bond motifs is 1. The second-order valence-corrected chi connectivity index (χ2v) is 9.39. The first-order chi connectivity index (χ1) is 16.2. The molecule has 1 aromatic carbocycles. The Bertz CT molecular complexity index is 1360. The molecule has 0 atom stereocenters. The van der Waals surface area contributed by atoms with Gasteiger partial charge in [0, 0.05) is 36.4 Å². The Balaban J connectivity index is 0.000000183. The third-order valence-electron chi connectivity index (χ3n) is 6.71. The minimum absolute atomic E-state index is 0.0191. The lowest BCUT2D eigenvalue weighted by Crippen LogP contribution is -2.21. The van der Waals surface area contributed by atoms with E-state index in [-0.39, 0.29) is 16.8 Å². The predicted octanol–water partition coefficient (Wildman–Crippen LogP) is 5.54. The van der Waals surface area contributed by atoms with Gasteiger partial charge in [-0.05, 0) is 55.2 Å². The number of halogens is 3. The lowest BCUT2D eigenvalue weighted by Gasteiger charge is -2.31. The van der Waals surface area contributed by atoms with Crippen LogP contribution in [-0.4, -0.2) is 24.3 Å². The number of hydrogen-bond donors (Lipinski definition) is 1. The van der Waals surface area contributed by atoms with E-state index in [4.69, 9.17) is 0 Å². The van der Waals surface area contributed by atoms with Gasteiger partial charge >= 0.3 is 6.18 Å². The van der Waals surface area contributed by atoms with Crippen molar-refractivity contribution in [3.8, 4) is 5.69 Å². The van der Waals surface area contributed by atoms with E-state index >= 15 is 0 Å².